The van der Waals surface area contributed by atoms with Crippen LogP contribution in [0.3, 0.4) is 0 Å². The lowest BCUT2D eigenvalue weighted by Crippen LogP contribution is -2.25. The molecule has 0 saturated carbocycles. The molecule has 11 nitrogen and oxygen atoms in total. The topological polar surface area (TPSA) is 162 Å². The Kier molecular flexibility index (Phi) is 10.7. The molecule has 1 saturated heterocycles. The summed E-state index contributed by atoms with van der Waals surface area (Å²) in [5, 5.41) is 25.5. The first-order valence-corrected chi connectivity index (χ1v) is 16.9. The average molecular weight is 704 g/mol. The minimum Gasteiger partial charge on any atom is -0.480 e. The molecule has 5 aromatic rings. The Labute approximate surface area is 292 Å². The number of aliphatic hydroxyl groups is 1. The fourth-order valence-electron chi connectivity index (χ4n) is 6.39. The molecule has 1 amide bonds. The van der Waals surface area contributed by atoms with Crippen LogP contribution in [0.15, 0.2) is 65.6 Å². The second-order valence-corrected chi connectivity index (χ2v) is 12.8. The van der Waals surface area contributed by atoms with Crippen molar-refractivity contribution in [3.63, 3.8) is 0 Å². The number of aryl methyl sites for hydroxylation is 1. The van der Waals surface area contributed by atoms with Crippen LogP contribution >= 0.6 is 23.2 Å². The fraction of sp³-hybridized carbons (Fsp3) is 0.306. The summed E-state index contributed by atoms with van der Waals surface area (Å²) < 4.78 is 1.85. The van der Waals surface area contributed by atoms with Gasteiger partial charge in [-0.05, 0) is 43.4 Å². The molecule has 1 aliphatic rings. The summed E-state index contributed by atoms with van der Waals surface area (Å²) >= 11 is 14.1. The minimum atomic E-state index is -0.974. The number of aromatic nitrogens is 4. The molecule has 49 heavy (non-hydrogen) atoms. The summed E-state index contributed by atoms with van der Waals surface area (Å²) in [6.07, 6.45) is 5.71. The van der Waals surface area contributed by atoms with Crippen molar-refractivity contribution in [3.05, 3.63) is 104 Å². The normalized spacial score (nSPS) is 14.4. The number of hydrogen-bond donors (Lipinski definition) is 5. The Bertz CT molecular complexity index is 2080. The molecule has 0 aliphatic carbocycles. The number of carboxylic acid groups (broad SMARTS) is 1. The summed E-state index contributed by atoms with van der Waals surface area (Å²) in [6, 6.07) is 17.0. The zero-order valence-electron chi connectivity index (χ0n) is 26.6. The Morgan fingerprint density at radius 3 is 2.51 bits per heavy atom. The van der Waals surface area contributed by atoms with Crippen molar-refractivity contribution >= 4 is 46.1 Å². The van der Waals surface area contributed by atoms with E-state index >= 15 is 0 Å². The molecular formula is C36H36Cl2N6O5. The Morgan fingerprint density at radius 1 is 1.00 bits per heavy atom. The molecule has 1 atom stereocenters. The van der Waals surface area contributed by atoms with Crippen molar-refractivity contribution in [2.75, 3.05) is 13.2 Å². The lowest BCUT2D eigenvalue weighted by Gasteiger charge is -2.14. The number of imidazole rings is 1. The van der Waals surface area contributed by atoms with Crippen molar-refractivity contribution in [3.8, 4) is 22.4 Å². The number of aromatic amines is 1. The summed E-state index contributed by atoms with van der Waals surface area (Å²) in [6.45, 7) is 0.179. The standard InChI is InChI=1S/C36H36Cl2N6O5/c37-33-22(18-28-35-29(14-15-40-28)44(16-17-45)30(43-35)19-39-20-32(47)48)5-2-7-24(33)25-8-3-9-26(34(25)38)27-12-10-21(36(49)42-27)4-1-6-23-11-13-31(46)41-23/h2-3,5,7-10,12,14-15,23,39,45H,1,4,6,11,13,16-20H2,(H,41,46)(H,42,49)(H,47,48)/t23-/m1/s1. The highest BCUT2D eigenvalue weighted by molar-refractivity contribution is 6.38. The van der Waals surface area contributed by atoms with Gasteiger partial charge in [0.25, 0.3) is 5.56 Å². The lowest BCUT2D eigenvalue weighted by atomic mass is 9.97. The molecule has 3 aromatic heterocycles. The zero-order valence-corrected chi connectivity index (χ0v) is 28.2. The molecule has 4 heterocycles. The van der Waals surface area contributed by atoms with Gasteiger partial charge < -0.3 is 25.1 Å². The first-order chi connectivity index (χ1) is 23.7. The number of aliphatic hydroxyl groups excluding tert-OH is 1. The van der Waals surface area contributed by atoms with Gasteiger partial charge in [0, 0.05) is 59.6 Å². The number of carboxylic acids is 1. The number of H-pyrrole nitrogens is 1. The number of halogens is 2. The van der Waals surface area contributed by atoms with Crippen LogP contribution < -0.4 is 16.2 Å². The number of aliphatic carboxylic acids is 1. The van der Waals surface area contributed by atoms with Crippen LogP contribution in [-0.2, 0) is 35.5 Å². The van der Waals surface area contributed by atoms with Gasteiger partial charge in [0.15, 0.2) is 0 Å². The molecule has 6 rings (SSSR count). The van der Waals surface area contributed by atoms with Crippen molar-refractivity contribution in [1.29, 1.82) is 0 Å². The highest BCUT2D eigenvalue weighted by Crippen LogP contribution is 2.40. The molecular weight excluding hydrogens is 667 g/mol. The second kappa shape index (κ2) is 15.3. The van der Waals surface area contributed by atoms with Crippen LogP contribution in [0.1, 0.15) is 48.3 Å². The first-order valence-electron chi connectivity index (χ1n) is 16.2. The summed E-state index contributed by atoms with van der Waals surface area (Å²) in [5.74, 6) is -0.290. The van der Waals surface area contributed by atoms with E-state index in [2.05, 4.69) is 20.6 Å². The number of amides is 1. The predicted octanol–water partition coefficient (Wildman–Crippen LogP) is 5.12. The van der Waals surface area contributed by atoms with Crippen LogP contribution in [0.5, 0.6) is 0 Å². The monoisotopic (exact) mass is 702 g/mol. The van der Waals surface area contributed by atoms with Gasteiger partial charge in [-0.1, -0.05) is 65.7 Å². The van der Waals surface area contributed by atoms with Crippen LogP contribution in [0.2, 0.25) is 10.0 Å². The van der Waals surface area contributed by atoms with E-state index in [4.69, 9.17) is 33.3 Å². The number of benzene rings is 2. The van der Waals surface area contributed by atoms with Gasteiger partial charge in [-0.2, -0.15) is 0 Å². The molecule has 5 N–H and O–H groups in total. The quantitative estimate of drug-likeness (QED) is 0.107. The third-order valence-electron chi connectivity index (χ3n) is 8.80. The number of carbonyl (C=O) groups is 2. The van der Waals surface area contributed by atoms with Crippen LogP contribution in [-0.4, -0.2) is 60.8 Å². The highest BCUT2D eigenvalue weighted by Gasteiger charge is 2.21. The van der Waals surface area contributed by atoms with E-state index in [0.717, 1.165) is 35.9 Å². The molecule has 2 aromatic carbocycles. The van der Waals surface area contributed by atoms with Crippen LogP contribution in [0.4, 0.5) is 0 Å². The first kappa shape index (κ1) is 34.3. The van der Waals surface area contributed by atoms with E-state index in [1.807, 2.05) is 59.2 Å². The number of carbonyl (C=O) groups excluding carboxylic acids is 1. The van der Waals surface area contributed by atoms with Gasteiger partial charge in [-0.15, -0.1) is 0 Å². The number of fused-ring (bicyclic) bond motifs is 1. The van der Waals surface area contributed by atoms with Gasteiger partial charge in [0.05, 0.1) is 41.0 Å². The van der Waals surface area contributed by atoms with E-state index < -0.39 is 5.97 Å². The van der Waals surface area contributed by atoms with Crippen LogP contribution in [0.25, 0.3) is 33.4 Å². The largest absolute Gasteiger partial charge is 0.480 e. The Hall–Kier alpha value is -4.55. The van der Waals surface area contributed by atoms with Gasteiger partial charge in [-0.3, -0.25) is 24.7 Å². The van der Waals surface area contributed by atoms with E-state index in [1.54, 1.807) is 6.20 Å². The summed E-state index contributed by atoms with van der Waals surface area (Å²) in [7, 11) is 0. The number of rotatable bonds is 14. The van der Waals surface area contributed by atoms with E-state index in [-0.39, 0.29) is 37.2 Å². The van der Waals surface area contributed by atoms with Gasteiger partial charge in [0.2, 0.25) is 5.91 Å². The number of pyridine rings is 2. The predicted molar refractivity (Wildman–Crippen MR) is 189 cm³/mol. The summed E-state index contributed by atoms with van der Waals surface area (Å²) in [5.41, 5.74) is 6.11. The molecule has 1 fully saturated rings. The lowest BCUT2D eigenvalue weighted by molar-refractivity contribution is -0.136. The maximum Gasteiger partial charge on any atom is 0.317 e. The zero-order chi connectivity index (χ0) is 34.5. The average Bonchev–Trinajstić information content (AvgIpc) is 3.66. The minimum absolute atomic E-state index is 0.0936. The molecule has 0 spiro atoms. The SMILES string of the molecule is O=C(O)CNCc1nc2c(Cc3cccc(-c4cccc(-c5ccc(CCC[C@@H]6CCC(=O)N6)c(=O)[nH]5)c4Cl)c3Cl)nccc2n1CCO. The second-order valence-electron chi connectivity index (χ2n) is 12.1. The van der Waals surface area contributed by atoms with Gasteiger partial charge in [-0.25, -0.2) is 4.98 Å². The van der Waals surface area contributed by atoms with Gasteiger partial charge >= 0.3 is 5.97 Å². The van der Waals surface area contributed by atoms with E-state index in [9.17, 15) is 19.5 Å². The van der Waals surface area contributed by atoms with Gasteiger partial charge in [0.1, 0.15) is 11.3 Å². The summed E-state index contributed by atoms with van der Waals surface area (Å²) in [4.78, 5) is 47.9. The van der Waals surface area contributed by atoms with Crippen LogP contribution in [0, 0.1) is 0 Å². The molecule has 254 valence electrons. The number of hydrogen-bond acceptors (Lipinski definition) is 7. The fourth-order valence-corrected chi connectivity index (χ4v) is 7.02. The number of nitrogens with zero attached hydrogens (tertiary/aromatic N) is 3. The Balaban J connectivity index is 1.24. The van der Waals surface area contributed by atoms with Crippen molar-refractivity contribution in [2.45, 2.75) is 57.7 Å². The molecule has 1 aliphatic heterocycles. The molecule has 0 bridgehead atoms. The smallest absolute Gasteiger partial charge is 0.317 e. The molecule has 13 heteroatoms. The third-order valence-corrected chi connectivity index (χ3v) is 9.65. The Morgan fingerprint density at radius 2 is 1.78 bits per heavy atom. The van der Waals surface area contributed by atoms with Crippen molar-refractivity contribution in [1.82, 2.24) is 30.2 Å². The van der Waals surface area contributed by atoms with Crippen molar-refractivity contribution in [2.24, 2.45) is 0 Å². The molecule has 0 unspecified atom stereocenters. The maximum atomic E-state index is 13.0. The molecule has 0 radical (unpaired) electrons. The van der Waals surface area contributed by atoms with Crippen molar-refractivity contribution < 1.29 is 19.8 Å². The third kappa shape index (κ3) is 7.70. The van der Waals surface area contributed by atoms with E-state index in [0.29, 0.717) is 75.3 Å². The highest BCUT2D eigenvalue weighted by atomic mass is 35.5. The van der Waals surface area contributed by atoms with E-state index in [1.165, 1.54) is 0 Å². The maximum absolute atomic E-state index is 13.0. The number of nitrogens with one attached hydrogen (secondary N) is 3.